The quantitative estimate of drug-likeness (QED) is 0.799. The third-order valence-electron chi connectivity index (χ3n) is 2.13. The van der Waals surface area contributed by atoms with Crippen LogP contribution in [0, 0.1) is 0 Å². The van der Waals surface area contributed by atoms with Crippen molar-refractivity contribution in [2.75, 3.05) is 5.32 Å². The normalized spacial score (nSPS) is 9.87. The summed E-state index contributed by atoms with van der Waals surface area (Å²) in [6.45, 7) is 0.693. The third kappa shape index (κ3) is 2.47. The summed E-state index contributed by atoms with van der Waals surface area (Å²) in [7, 11) is 0. The number of benzene rings is 1. The first-order valence-corrected chi connectivity index (χ1v) is 4.77. The lowest BCUT2D eigenvalue weighted by Gasteiger charge is -2.07. The summed E-state index contributed by atoms with van der Waals surface area (Å²) in [6, 6.07) is 11.8. The summed E-state index contributed by atoms with van der Waals surface area (Å²) in [5, 5.41) is 12.6. The van der Waals surface area contributed by atoms with Gasteiger partial charge < -0.3 is 10.4 Å². The Morgan fingerprint density at radius 2 is 1.93 bits per heavy atom. The van der Waals surface area contributed by atoms with Crippen LogP contribution in [0.1, 0.15) is 5.56 Å². The molecule has 0 spiro atoms. The molecule has 0 unspecified atom stereocenters. The van der Waals surface area contributed by atoms with E-state index in [9.17, 15) is 5.11 Å². The van der Waals surface area contributed by atoms with Gasteiger partial charge in [-0.25, -0.2) is 0 Å². The number of nitrogens with one attached hydrogen (secondary N) is 1. The van der Waals surface area contributed by atoms with Crippen LogP contribution in [0.5, 0.6) is 5.75 Å². The zero-order valence-corrected chi connectivity index (χ0v) is 8.22. The van der Waals surface area contributed by atoms with E-state index in [4.69, 9.17) is 0 Å². The molecule has 1 aromatic heterocycles. The molecule has 1 aromatic carbocycles. The number of anilines is 1. The number of aromatic nitrogens is 1. The van der Waals surface area contributed by atoms with Crippen molar-refractivity contribution >= 4 is 5.69 Å². The molecule has 0 aliphatic rings. The summed E-state index contributed by atoms with van der Waals surface area (Å²) < 4.78 is 0. The minimum Gasteiger partial charge on any atom is -0.504 e. The molecule has 2 rings (SSSR count). The number of nitrogens with zero attached hydrogens (tertiary/aromatic N) is 1. The van der Waals surface area contributed by atoms with Gasteiger partial charge in [-0.3, -0.25) is 4.98 Å². The molecule has 15 heavy (non-hydrogen) atoms. The molecule has 76 valence electrons. The third-order valence-corrected chi connectivity index (χ3v) is 2.13. The average molecular weight is 200 g/mol. The molecule has 2 aromatic rings. The molecule has 3 nitrogen and oxygen atoms in total. The van der Waals surface area contributed by atoms with Gasteiger partial charge in [-0.05, 0) is 11.6 Å². The molecular weight excluding hydrogens is 188 g/mol. The Kier molecular flexibility index (Phi) is 2.83. The minimum absolute atomic E-state index is 0.174. The summed E-state index contributed by atoms with van der Waals surface area (Å²) in [5.74, 6) is 0.174. The summed E-state index contributed by atoms with van der Waals surface area (Å²) in [4.78, 5) is 3.81. The second kappa shape index (κ2) is 4.46. The van der Waals surface area contributed by atoms with Gasteiger partial charge >= 0.3 is 0 Å². The van der Waals surface area contributed by atoms with Gasteiger partial charge in [0.2, 0.25) is 0 Å². The van der Waals surface area contributed by atoms with Gasteiger partial charge in [0, 0.05) is 12.7 Å². The molecule has 0 aliphatic carbocycles. The highest BCUT2D eigenvalue weighted by molar-refractivity contribution is 5.53. The van der Waals surface area contributed by atoms with E-state index in [1.54, 1.807) is 12.3 Å². The molecule has 0 fully saturated rings. The van der Waals surface area contributed by atoms with Crippen molar-refractivity contribution in [1.29, 1.82) is 0 Å². The Balaban J connectivity index is 2.03. The van der Waals surface area contributed by atoms with Crippen molar-refractivity contribution in [3.05, 3.63) is 54.4 Å². The van der Waals surface area contributed by atoms with E-state index in [0.717, 1.165) is 0 Å². The van der Waals surface area contributed by atoms with Crippen LogP contribution in [0.15, 0.2) is 48.8 Å². The van der Waals surface area contributed by atoms with Crippen LogP contribution >= 0.6 is 0 Å². The molecule has 2 N–H and O–H groups in total. The SMILES string of the molecule is Oc1cnccc1NCc1ccccc1. The van der Waals surface area contributed by atoms with E-state index in [1.165, 1.54) is 11.8 Å². The molecule has 0 radical (unpaired) electrons. The predicted octanol–water partition coefficient (Wildman–Crippen LogP) is 2.40. The lowest BCUT2D eigenvalue weighted by atomic mass is 10.2. The highest BCUT2D eigenvalue weighted by atomic mass is 16.3. The van der Waals surface area contributed by atoms with E-state index >= 15 is 0 Å². The number of hydrogen-bond acceptors (Lipinski definition) is 3. The average Bonchev–Trinajstić information content (AvgIpc) is 2.29. The Morgan fingerprint density at radius 3 is 2.67 bits per heavy atom. The highest BCUT2D eigenvalue weighted by Gasteiger charge is 1.98. The van der Waals surface area contributed by atoms with Gasteiger partial charge in [-0.1, -0.05) is 30.3 Å². The summed E-state index contributed by atoms with van der Waals surface area (Å²) >= 11 is 0. The van der Waals surface area contributed by atoms with Crippen molar-refractivity contribution < 1.29 is 5.11 Å². The largest absolute Gasteiger partial charge is 0.504 e. The van der Waals surface area contributed by atoms with Crippen LogP contribution in [0.2, 0.25) is 0 Å². The molecule has 0 aliphatic heterocycles. The van der Waals surface area contributed by atoms with Crippen LogP contribution in [0.25, 0.3) is 0 Å². The summed E-state index contributed by atoms with van der Waals surface area (Å²) in [5.41, 5.74) is 1.88. The van der Waals surface area contributed by atoms with E-state index in [-0.39, 0.29) is 5.75 Å². The van der Waals surface area contributed by atoms with Crippen molar-refractivity contribution in [3.8, 4) is 5.75 Å². The lowest BCUT2D eigenvalue weighted by Crippen LogP contribution is -1.99. The van der Waals surface area contributed by atoms with Gasteiger partial charge in [0.05, 0.1) is 11.9 Å². The Hall–Kier alpha value is -2.03. The Labute approximate surface area is 88.4 Å². The zero-order valence-electron chi connectivity index (χ0n) is 8.22. The smallest absolute Gasteiger partial charge is 0.157 e. The fourth-order valence-electron chi connectivity index (χ4n) is 1.33. The predicted molar refractivity (Wildman–Crippen MR) is 59.7 cm³/mol. The second-order valence-electron chi connectivity index (χ2n) is 3.23. The van der Waals surface area contributed by atoms with Crippen LogP contribution in [0.3, 0.4) is 0 Å². The maximum absolute atomic E-state index is 9.46. The molecule has 0 amide bonds. The van der Waals surface area contributed by atoms with E-state index < -0.39 is 0 Å². The van der Waals surface area contributed by atoms with E-state index in [1.807, 2.05) is 30.3 Å². The van der Waals surface area contributed by atoms with Crippen LogP contribution < -0.4 is 5.32 Å². The molecule has 3 heteroatoms. The number of pyridine rings is 1. The van der Waals surface area contributed by atoms with Gasteiger partial charge in [0.15, 0.2) is 5.75 Å². The Morgan fingerprint density at radius 1 is 1.13 bits per heavy atom. The second-order valence-corrected chi connectivity index (χ2v) is 3.23. The molecule has 1 heterocycles. The number of rotatable bonds is 3. The van der Waals surface area contributed by atoms with Gasteiger partial charge in [-0.15, -0.1) is 0 Å². The molecule has 0 saturated carbocycles. The fourth-order valence-corrected chi connectivity index (χ4v) is 1.33. The molecule has 0 bridgehead atoms. The lowest BCUT2D eigenvalue weighted by molar-refractivity contribution is 0.474. The minimum atomic E-state index is 0.174. The number of aromatic hydroxyl groups is 1. The van der Waals surface area contributed by atoms with Crippen molar-refractivity contribution in [1.82, 2.24) is 4.98 Å². The topological polar surface area (TPSA) is 45.2 Å². The molecule has 0 atom stereocenters. The van der Waals surface area contributed by atoms with Crippen molar-refractivity contribution in [3.63, 3.8) is 0 Å². The highest BCUT2D eigenvalue weighted by Crippen LogP contribution is 2.20. The fraction of sp³-hybridized carbons (Fsp3) is 0.0833. The van der Waals surface area contributed by atoms with E-state index in [2.05, 4.69) is 10.3 Å². The van der Waals surface area contributed by atoms with Crippen molar-refractivity contribution in [2.24, 2.45) is 0 Å². The maximum atomic E-state index is 9.46. The van der Waals surface area contributed by atoms with Gasteiger partial charge in [0.1, 0.15) is 0 Å². The maximum Gasteiger partial charge on any atom is 0.157 e. The van der Waals surface area contributed by atoms with Gasteiger partial charge in [0.25, 0.3) is 0 Å². The Bertz CT molecular complexity index is 429. The van der Waals surface area contributed by atoms with Crippen LogP contribution in [-0.4, -0.2) is 10.1 Å². The van der Waals surface area contributed by atoms with Gasteiger partial charge in [-0.2, -0.15) is 0 Å². The van der Waals surface area contributed by atoms with E-state index in [0.29, 0.717) is 12.2 Å². The van der Waals surface area contributed by atoms with Crippen molar-refractivity contribution in [2.45, 2.75) is 6.54 Å². The molecular formula is C12H12N2O. The van der Waals surface area contributed by atoms with Crippen LogP contribution in [-0.2, 0) is 6.54 Å². The first-order valence-electron chi connectivity index (χ1n) is 4.77. The monoisotopic (exact) mass is 200 g/mol. The number of hydrogen-bond donors (Lipinski definition) is 2. The standard InChI is InChI=1S/C12H12N2O/c15-12-9-13-7-6-11(12)14-8-10-4-2-1-3-5-10/h1-7,9,15H,8H2,(H,13,14). The first kappa shape index (κ1) is 9.52. The van der Waals surface area contributed by atoms with Crippen LogP contribution in [0.4, 0.5) is 5.69 Å². The summed E-state index contributed by atoms with van der Waals surface area (Å²) in [6.07, 6.45) is 3.07. The first-order chi connectivity index (χ1) is 7.36. The zero-order chi connectivity index (χ0) is 10.5. The molecule has 0 saturated heterocycles.